The smallest absolute Gasteiger partial charge is 0.219 e. The van der Waals surface area contributed by atoms with Crippen molar-refractivity contribution in [3.8, 4) is 6.07 Å². The highest BCUT2D eigenvalue weighted by atomic mass is 16.1. The first-order valence-electron chi connectivity index (χ1n) is 15.9. The molecule has 4 aliphatic carbocycles. The molecule has 1 amide bonds. The number of hydrogen-bond donors (Lipinski definition) is 1. The predicted octanol–water partition coefficient (Wildman–Crippen LogP) is 7.51. The van der Waals surface area contributed by atoms with Gasteiger partial charge in [-0.15, -0.1) is 0 Å². The fourth-order valence-electron chi connectivity index (χ4n) is 9.64. The maximum absolute atomic E-state index is 14.2. The summed E-state index contributed by atoms with van der Waals surface area (Å²) in [5, 5.41) is 12.8. The monoisotopic (exact) mass is 548 g/mol. The van der Waals surface area contributed by atoms with Crippen molar-refractivity contribution in [2.75, 3.05) is 6.54 Å². The minimum Gasteiger partial charge on any atom is -0.356 e. The Morgan fingerprint density at radius 2 is 1.88 bits per heavy atom. The average molecular weight is 549 g/mol. The van der Waals surface area contributed by atoms with E-state index in [2.05, 4.69) is 52.9 Å². The van der Waals surface area contributed by atoms with Crippen LogP contribution < -0.4 is 5.32 Å². The van der Waals surface area contributed by atoms with Gasteiger partial charge in [0, 0.05) is 30.2 Å². The van der Waals surface area contributed by atoms with E-state index in [1.54, 1.807) is 0 Å². The van der Waals surface area contributed by atoms with Crippen LogP contribution in [-0.4, -0.2) is 24.0 Å². The zero-order chi connectivity index (χ0) is 29.5. The molecule has 2 saturated carbocycles. The Morgan fingerprint density at radius 3 is 2.55 bits per heavy atom. The van der Waals surface area contributed by atoms with Crippen molar-refractivity contribution in [3.05, 3.63) is 23.3 Å². The lowest BCUT2D eigenvalue weighted by Crippen LogP contribution is -2.60. The van der Waals surface area contributed by atoms with Crippen LogP contribution in [0.2, 0.25) is 0 Å². The third kappa shape index (κ3) is 5.14. The van der Waals surface area contributed by atoms with Crippen molar-refractivity contribution in [3.63, 3.8) is 0 Å². The van der Waals surface area contributed by atoms with E-state index in [-0.39, 0.29) is 57.0 Å². The highest BCUT2D eigenvalue weighted by Gasteiger charge is 2.65. The van der Waals surface area contributed by atoms with E-state index in [4.69, 9.17) is 0 Å². The van der Waals surface area contributed by atoms with Crippen LogP contribution in [0.15, 0.2) is 23.3 Å². The van der Waals surface area contributed by atoms with E-state index in [0.717, 1.165) is 70.8 Å². The summed E-state index contributed by atoms with van der Waals surface area (Å²) in [6.45, 7) is 16.4. The predicted molar refractivity (Wildman–Crippen MR) is 159 cm³/mol. The number of nitrogens with zero attached hydrogens (tertiary/aromatic N) is 1. The fraction of sp³-hybridized carbons (Fsp3) is 0.771. The summed E-state index contributed by atoms with van der Waals surface area (Å²) in [7, 11) is 0. The SMILES string of the molecule is CCCCNC(=O)CCCC(C)(C)CC1CCC[C@]2(C)C1C(=O)C=C1[C@@]3(C)C=C(C#N)C(=O)[C@@H](C)[C@@H]3CC[C@]12C. The Hall–Kier alpha value is -2.22. The molecular formula is C35H52N2O3. The molecule has 0 aromatic heterocycles. The third-order valence-electron chi connectivity index (χ3n) is 12.0. The van der Waals surface area contributed by atoms with Crippen LogP contribution in [0.4, 0.5) is 0 Å². The van der Waals surface area contributed by atoms with E-state index in [1.807, 2.05) is 19.1 Å². The Balaban J connectivity index is 1.57. The first-order chi connectivity index (χ1) is 18.7. The van der Waals surface area contributed by atoms with Gasteiger partial charge in [0.05, 0.1) is 5.57 Å². The molecule has 4 rings (SSSR count). The molecule has 0 aromatic carbocycles. The van der Waals surface area contributed by atoms with Crippen LogP contribution in [0, 0.1) is 56.7 Å². The molecule has 0 spiro atoms. The van der Waals surface area contributed by atoms with E-state index in [0.29, 0.717) is 12.3 Å². The van der Waals surface area contributed by atoms with Gasteiger partial charge in [-0.05, 0) is 85.5 Å². The molecule has 2 unspecified atom stereocenters. The van der Waals surface area contributed by atoms with Gasteiger partial charge < -0.3 is 5.32 Å². The number of ketones is 2. The van der Waals surface area contributed by atoms with Gasteiger partial charge in [0.1, 0.15) is 6.07 Å². The standard InChI is InChI=1S/C35H52N2O3/c1-8-9-18-37-29(39)13-11-15-32(3,4)20-24-12-10-16-35(7)30(24)27(38)19-28-33(5)21-25(22-36)31(40)23(2)26(33)14-17-34(28,35)6/h19,21,23-24,26,30H,8-18,20H2,1-7H3,(H,37,39)/t23-,24?,26-,30?,33-,34+,35+/m0/s1. The van der Waals surface area contributed by atoms with Crippen molar-refractivity contribution in [1.29, 1.82) is 5.26 Å². The van der Waals surface area contributed by atoms with Crippen LogP contribution in [0.3, 0.4) is 0 Å². The van der Waals surface area contributed by atoms with Crippen LogP contribution in [0.25, 0.3) is 0 Å². The molecule has 0 aliphatic heterocycles. The summed E-state index contributed by atoms with van der Waals surface area (Å²) < 4.78 is 0. The Kier molecular flexibility index (Phi) is 8.62. The van der Waals surface area contributed by atoms with Crippen molar-refractivity contribution in [2.24, 2.45) is 45.3 Å². The summed E-state index contributed by atoms with van der Waals surface area (Å²) >= 11 is 0. The fourth-order valence-corrected chi connectivity index (χ4v) is 9.64. The molecule has 0 heterocycles. The zero-order valence-corrected chi connectivity index (χ0v) is 26.1. The minimum absolute atomic E-state index is 0.00571. The lowest BCUT2D eigenvalue weighted by Gasteiger charge is -2.65. The van der Waals surface area contributed by atoms with Crippen LogP contribution in [-0.2, 0) is 14.4 Å². The van der Waals surface area contributed by atoms with Crippen molar-refractivity contribution in [1.82, 2.24) is 5.32 Å². The van der Waals surface area contributed by atoms with Gasteiger partial charge >= 0.3 is 0 Å². The lowest BCUT2D eigenvalue weighted by molar-refractivity contribution is -0.144. The largest absolute Gasteiger partial charge is 0.356 e. The van der Waals surface area contributed by atoms with Crippen molar-refractivity contribution < 1.29 is 14.4 Å². The molecule has 40 heavy (non-hydrogen) atoms. The number of amides is 1. The summed E-state index contributed by atoms with van der Waals surface area (Å²) in [4.78, 5) is 39.3. The van der Waals surface area contributed by atoms with E-state index in [1.165, 1.54) is 5.57 Å². The number of nitrogens with one attached hydrogen (secondary N) is 1. The summed E-state index contributed by atoms with van der Waals surface area (Å²) in [5.41, 5.74) is 0.753. The minimum atomic E-state index is -0.445. The topological polar surface area (TPSA) is 87.0 Å². The van der Waals surface area contributed by atoms with Crippen molar-refractivity contribution >= 4 is 17.5 Å². The van der Waals surface area contributed by atoms with Gasteiger partial charge in [0.25, 0.3) is 0 Å². The van der Waals surface area contributed by atoms with Crippen LogP contribution >= 0.6 is 0 Å². The molecular weight excluding hydrogens is 496 g/mol. The van der Waals surface area contributed by atoms with E-state index >= 15 is 0 Å². The maximum Gasteiger partial charge on any atom is 0.219 e. The van der Waals surface area contributed by atoms with Gasteiger partial charge in [0.15, 0.2) is 11.6 Å². The van der Waals surface area contributed by atoms with Gasteiger partial charge in [-0.2, -0.15) is 5.26 Å². The van der Waals surface area contributed by atoms with E-state index < -0.39 is 5.41 Å². The molecule has 1 N–H and O–H groups in total. The quantitative estimate of drug-likeness (QED) is 0.302. The number of hydrogen-bond acceptors (Lipinski definition) is 4. The molecule has 2 fully saturated rings. The highest BCUT2D eigenvalue weighted by molar-refractivity contribution is 6.02. The number of unbranched alkanes of at least 4 members (excludes halogenated alkanes) is 1. The Labute approximate surface area is 242 Å². The summed E-state index contributed by atoms with van der Waals surface area (Å²) in [6, 6.07) is 2.17. The molecule has 7 atom stereocenters. The highest BCUT2D eigenvalue weighted by Crippen LogP contribution is 2.70. The van der Waals surface area contributed by atoms with E-state index in [9.17, 15) is 19.6 Å². The van der Waals surface area contributed by atoms with Crippen molar-refractivity contribution in [2.45, 2.75) is 119 Å². The molecule has 220 valence electrons. The van der Waals surface area contributed by atoms with Crippen LogP contribution in [0.5, 0.6) is 0 Å². The van der Waals surface area contributed by atoms with Gasteiger partial charge in [-0.1, -0.05) is 73.0 Å². The second-order valence-corrected chi connectivity index (χ2v) is 15.0. The number of nitriles is 1. The molecule has 5 heteroatoms. The molecule has 0 saturated heterocycles. The molecule has 0 radical (unpaired) electrons. The molecule has 5 nitrogen and oxygen atoms in total. The van der Waals surface area contributed by atoms with Gasteiger partial charge in [-0.25, -0.2) is 0 Å². The number of carbonyl (C=O) groups excluding carboxylic acids is 3. The Morgan fingerprint density at radius 1 is 1.15 bits per heavy atom. The molecule has 0 bridgehead atoms. The lowest BCUT2D eigenvalue weighted by atomic mass is 9.38. The second kappa shape index (κ2) is 11.2. The number of fused-ring (bicyclic) bond motifs is 5. The Bertz CT molecular complexity index is 1140. The van der Waals surface area contributed by atoms with Crippen LogP contribution in [0.1, 0.15) is 119 Å². The molecule has 4 aliphatic rings. The number of allylic oxidation sites excluding steroid dienone is 4. The second-order valence-electron chi connectivity index (χ2n) is 15.0. The summed E-state index contributed by atoms with van der Waals surface area (Å²) in [5.74, 6) is 0.610. The average Bonchev–Trinajstić information content (AvgIpc) is 2.87. The first-order valence-corrected chi connectivity index (χ1v) is 15.9. The number of rotatable bonds is 9. The molecule has 0 aromatic rings. The summed E-state index contributed by atoms with van der Waals surface area (Å²) in [6.07, 6.45) is 14.6. The first kappa shape index (κ1) is 30.7. The van der Waals surface area contributed by atoms with Gasteiger partial charge in [0.2, 0.25) is 5.91 Å². The zero-order valence-electron chi connectivity index (χ0n) is 26.1. The number of carbonyl (C=O) groups is 3. The third-order valence-corrected chi connectivity index (χ3v) is 12.0. The number of Topliss-reactive ketones (excluding diaryl/α,β-unsaturated/α-hetero) is 1. The van der Waals surface area contributed by atoms with Gasteiger partial charge in [-0.3, -0.25) is 14.4 Å². The maximum atomic E-state index is 14.2. The normalized spacial score (nSPS) is 37.4.